The summed E-state index contributed by atoms with van der Waals surface area (Å²) in [5.74, 6) is 1.65. The van der Waals surface area contributed by atoms with E-state index in [1.807, 2.05) is 30.3 Å². The predicted molar refractivity (Wildman–Crippen MR) is 133 cm³/mol. The second-order valence-corrected chi connectivity index (χ2v) is 8.15. The molecule has 0 spiro atoms. The summed E-state index contributed by atoms with van der Waals surface area (Å²) in [6, 6.07) is 14.9. The number of nitrogens with one attached hydrogen (secondary N) is 3. The minimum absolute atomic E-state index is 0.183. The molecule has 1 aromatic heterocycles. The third-order valence-electron chi connectivity index (χ3n) is 5.55. The topological polar surface area (TPSA) is 90.9 Å². The van der Waals surface area contributed by atoms with Gasteiger partial charge in [-0.05, 0) is 56.9 Å². The Morgan fingerprint density at radius 3 is 2.67 bits per heavy atom. The maximum absolute atomic E-state index is 13.4. The summed E-state index contributed by atoms with van der Waals surface area (Å²) in [5.41, 5.74) is 1.70. The highest BCUT2D eigenvalue weighted by Gasteiger charge is 2.22. The number of hydrogen-bond acceptors (Lipinski definition) is 5. The Morgan fingerprint density at radius 2 is 1.94 bits per heavy atom. The van der Waals surface area contributed by atoms with Gasteiger partial charge in [0.2, 0.25) is 0 Å². The maximum Gasteiger partial charge on any atom is 0.196 e. The van der Waals surface area contributed by atoms with E-state index >= 15 is 0 Å². The van der Waals surface area contributed by atoms with Crippen LogP contribution in [0, 0.1) is 0 Å². The van der Waals surface area contributed by atoms with Crippen LogP contribution in [0.3, 0.4) is 0 Å². The number of aromatic amines is 1. The second kappa shape index (κ2) is 11.0. The third kappa shape index (κ3) is 5.76. The first-order valence-corrected chi connectivity index (χ1v) is 11.2. The summed E-state index contributed by atoms with van der Waals surface area (Å²) in [5, 5.41) is 7.23. The monoisotopic (exact) mass is 463 g/mol. The number of aliphatic imine (C=N–C) groups is 2. The van der Waals surface area contributed by atoms with E-state index in [1.54, 1.807) is 24.4 Å². The van der Waals surface area contributed by atoms with Gasteiger partial charge in [0.05, 0.1) is 5.02 Å². The largest absolute Gasteiger partial charge is 0.457 e. The van der Waals surface area contributed by atoms with E-state index in [4.69, 9.17) is 16.3 Å². The number of ether oxygens (including phenoxy) is 1. The van der Waals surface area contributed by atoms with Gasteiger partial charge in [0.15, 0.2) is 5.78 Å². The van der Waals surface area contributed by atoms with E-state index in [-0.39, 0.29) is 5.78 Å². The lowest BCUT2D eigenvalue weighted by molar-refractivity contribution is 0.103. The van der Waals surface area contributed by atoms with Gasteiger partial charge >= 0.3 is 0 Å². The van der Waals surface area contributed by atoms with Crippen LogP contribution in [0.4, 0.5) is 5.82 Å². The molecule has 7 nitrogen and oxygen atoms in total. The number of piperidine rings is 1. The minimum Gasteiger partial charge on any atom is -0.457 e. The molecule has 0 aliphatic carbocycles. The number of ketones is 1. The predicted octanol–water partition coefficient (Wildman–Crippen LogP) is 4.89. The van der Waals surface area contributed by atoms with E-state index in [0.717, 1.165) is 31.5 Å². The van der Waals surface area contributed by atoms with E-state index in [1.165, 1.54) is 6.34 Å². The molecule has 2 aromatic carbocycles. The number of aromatic nitrogens is 1. The van der Waals surface area contributed by atoms with E-state index in [2.05, 4.69) is 32.3 Å². The fourth-order valence-corrected chi connectivity index (χ4v) is 4.08. The molecule has 0 radical (unpaired) electrons. The number of carbonyl (C=O) groups is 1. The van der Waals surface area contributed by atoms with Crippen molar-refractivity contribution in [2.24, 2.45) is 9.98 Å². The number of hydrogen-bond donors (Lipinski definition) is 3. The molecule has 4 rings (SSSR count). The molecule has 170 valence electrons. The van der Waals surface area contributed by atoms with Gasteiger partial charge in [0.1, 0.15) is 23.7 Å². The van der Waals surface area contributed by atoms with Crippen LogP contribution in [-0.2, 0) is 6.54 Å². The summed E-state index contributed by atoms with van der Waals surface area (Å²) in [7, 11) is 0. The summed E-state index contributed by atoms with van der Waals surface area (Å²) < 4.78 is 5.83. The lowest BCUT2D eigenvalue weighted by Crippen LogP contribution is -2.39. The molecule has 2 heterocycles. The Labute approximate surface area is 198 Å². The second-order valence-electron chi connectivity index (χ2n) is 7.75. The number of rotatable bonds is 9. The Balaban J connectivity index is 1.56. The quantitative estimate of drug-likeness (QED) is 0.239. The Bertz CT molecular complexity index is 1140. The normalized spacial score (nSPS) is 14.5. The lowest BCUT2D eigenvalue weighted by atomic mass is 10.0. The van der Waals surface area contributed by atoms with Crippen molar-refractivity contribution in [1.29, 1.82) is 0 Å². The molecule has 3 aromatic rings. The molecule has 0 atom stereocenters. The highest BCUT2D eigenvalue weighted by molar-refractivity contribution is 6.35. The minimum atomic E-state index is -0.183. The molecule has 0 amide bonds. The molecule has 0 bridgehead atoms. The molecule has 0 saturated carbocycles. The van der Waals surface area contributed by atoms with E-state index < -0.39 is 0 Å². The first-order valence-electron chi connectivity index (χ1n) is 10.9. The van der Waals surface area contributed by atoms with Crippen molar-refractivity contribution in [3.05, 3.63) is 76.4 Å². The first kappa shape index (κ1) is 22.9. The number of carbonyl (C=O) groups excluding carboxylic acids is 1. The van der Waals surface area contributed by atoms with Gasteiger partial charge < -0.3 is 20.4 Å². The zero-order valence-electron chi connectivity index (χ0n) is 18.2. The van der Waals surface area contributed by atoms with Crippen molar-refractivity contribution in [1.82, 2.24) is 15.6 Å². The zero-order valence-corrected chi connectivity index (χ0v) is 18.9. The Hall–Kier alpha value is -3.26. The third-order valence-corrected chi connectivity index (χ3v) is 5.86. The summed E-state index contributed by atoms with van der Waals surface area (Å²) in [6.07, 6.45) is 5.10. The van der Waals surface area contributed by atoms with Gasteiger partial charge in [0.25, 0.3) is 0 Å². The van der Waals surface area contributed by atoms with Gasteiger partial charge in [-0.2, -0.15) is 0 Å². The van der Waals surface area contributed by atoms with E-state index in [0.29, 0.717) is 46.1 Å². The molecule has 1 aliphatic rings. The number of benzene rings is 2. The molecular formula is C25H26ClN5O2. The van der Waals surface area contributed by atoms with Crippen molar-refractivity contribution in [3.8, 4) is 11.5 Å². The van der Waals surface area contributed by atoms with Crippen molar-refractivity contribution in [2.45, 2.75) is 25.4 Å². The standard InChI is InChI=1S/C25H26ClN5O2/c1-27-16-31-25-22(15-29-17-9-11-28-12-10-17)21(14-30-25)24(32)20-8-7-19(13-23(20)26)33-18-5-3-2-4-6-18/h2-8,13-14,16-17,28-30H,1,9-12,15H2/b31-16-. The SMILES string of the molecule is C=N/C=N\c1[nH]cc(C(=O)c2ccc(Oc3ccccc3)cc2Cl)c1CNC1CCNCC1. The van der Waals surface area contributed by atoms with Gasteiger partial charge in [-0.3, -0.25) is 9.79 Å². The van der Waals surface area contributed by atoms with Crippen LogP contribution in [0.2, 0.25) is 5.02 Å². The lowest BCUT2D eigenvalue weighted by Gasteiger charge is -2.24. The van der Waals surface area contributed by atoms with Gasteiger partial charge in [-0.1, -0.05) is 29.8 Å². The van der Waals surface area contributed by atoms with Crippen molar-refractivity contribution >= 4 is 36.3 Å². The van der Waals surface area contributed by atoms with Crippen LogP contribution in [0.5, 0.6) is 11.5 Å². The van der Waals surface area contributed by atoms with Crippen molar-refractivity contribution in [3.63, 3.8) is 0 Å². The van der Waals surface area contributed by atoms with Crippen LogP contribution in [0.15, 0.2) is 64.7 Å². The number of para-hydroxylation sites is 1. The molecule has 3 N–H and O–H groups in total. The van der Waals surface area contributed by atoms with Gasteiger partial charge in [0, 0.05) is 41.5 Å². The van der Waals surface area contributed by atoms with Crippen LogP contribution in [-0.4, -0.2) is 43.0 Å². The van der Waals surface area contributed by atoms with Crippen LogP contribution >= 0.6 is 11.6 Å². The summed E-state index contributed by atoms with van der Waals surface area (Å²) in [4.78, 5) is 24.5. The highest BCUT2D eigenvalue weighted by atomic mass is 35.5. The summed E-state index contributed by atoms with van der Waals surface area (Å²) >= 11 is 6.50. The van der Waals surface area contributed by atoms with Crippen molar-refractivity contribution in [2.75, 3.05) is 13.1 Å². The first-order chi connectivity index (χ1) is 16.2. The van der Waals surface area contributed by atoms with Gasteiger partial charge in [-0.15, -0.1) is 0 Å². The highest BCUT2D eigenvalue weighted by Crippen LogP contribution is 2.31. The average molecular weight is 464 g/mol. The number of H-pyrrole nitrogens is 1. The molecular weight excluding hydrogens is 438 g/mol. The molecule has 1 aliphatic heterocycles. The number of halogens is 1. The Kier molecular flexibility index (Phi) is 7.67. The van der Waals surface area contributed by atoms with E-state index in [9.17, 15) is 4.79 Å². The summed E-state index contributed by atoms with van der Waals surface area (Å²) in [6.45, 7) is 5.90. The molecule has 8 heteroatoms. The number of nitrogens with zero attached hydrogens (tertiary/aromatic N) is 2. The average Bonchev–Trinajstić information content (AvgIpc) is 3.25. The zero-order chi connectivity index (χ0) is 23.0. The van der Waals surface area contributed by atoms with Crippen LogP contribution in [0.1, 0.15) is 34.3 Å². The molecule has 1 saturated heterocycles. The molecule has 33 heavy (non-hydrogen) atoms. The maximum atomic E-state index is 13.4. The molecule has 1 fully saturated rings. The van der Waals surface area contributed by atoms with Crippen molar-refractivity contribution < 1.29 is 9.53 Å². The van der Waals surface area contributed by atoms with Crippen LogP contribution < -0.4 is 15.4 Å². The fraction of sp³-hybridized carbons (Fsp3) is 0.240. The smallest absolute Gasteiger partial charge is 0.196 e. The Morgan fingerprint density at radius 1 is 1.15 bits per heavy atom. The molecule has 0 unspecified atom stereocenters. The van der Waals surface area contributed by atoms with Gasteiger partial charge in [-0.25, -0.2) is 4.99 Å². The fourth-order valence-electron chi connectivity index (χ4n) is 3.82. The van der Waals surface area contributed by atoms with Crippen LogP contribution in [0.25, 0.3) is 0 Å².